The zero-order valence-corrected chi connectivity index (χ0v) is 10.9. The lowest BCUT2D eigenvalue weighted by atomic mass is 10.0. The van der Waals surface area contributed by atoms with Gasteiger partial charge in [-0.05, 0) is 23.1 Å². The van der Waals surface area contributed by atoms with Gasteiger partial charge >= 0.3 is 5.97 Å². The molecular weight excluding hydrogens is 270 g/mol. The molecule has 104 valence electrons. The standard InChI is InChI=1S/C12H15NO5S/c1-2-9-5-8(6-11(13)12(14)15)3-4-10(9)7-19(16,17)18/h2-5,11H,1,6-7,13H2,(H,14,15)(H,16,17,18). The highest BCUT2D eigenvalue weighted by Gasteiger charge is 2.14. The fourth-order valence-corrected chi connectivity index (χ4v) is 2.29. The van der Waals surface area contributed by atoms with Crippen molar-refractivity contribution in [2.24, 2.45) is 5.73 Å². The van der Waals surface area contributed by atoms with E-state index in [4.69, 9.17) is 15.4 Å². The van der Waals surface area contributed by atoms with Crippen LogP contribution in [0.1, 0.15) is 16.7 Å². The van der Waals surface area contributed by atoms with Gasteiger partial charge in [-0.15, -0.1) is 0 Å². The Labute approximate surface area is 111 Å². The second kappa shape index (κ2) is 5.96. The van der Waals surface area contributed by atoms with Crippen molar-refractivity contribution in [1.29, 1.82) is 0 Å². The summed E-state index contributed by atoms with van der Waals surface area (Å²) in [4.78, 5) is 10.7. The number of carboxylic acid groups (broad SMARTS) is 1. The highest BCUT2D eigenvalue weighted by molar-refractivity contribution is 7.85. The number of hydrogen-bond acceptors (Lipinski definition) is 4. The van der Waals surface area contributed by atoms with Crippen LogP contribution in [-0.2, 0) is 27.1 Å². The van der Waals surface area contributed by atoms with Crippen LogP contribution in [0.5, 0.6) is 0 Å². The van der Waals surface area contributed by atoms with Gasteiger partial charge in [0.15, 0.2) is 0 Å². The molecule has 0 aliphatic heterocycles. The summed E-state index contributed by atoms with van der Waals surface area (Å²) < 4.78 is 30.5. The molecule has 0 heterocycles. The SMILES string of the molecule is C=Cc1cc(CC(N)C(=O)O)ccc1CS(=O)(=O)O. The number of benzene rings is 1. The zero-order chi connectivity index (χ0) is 14.6. The predicted octanol–water partition coefficient (Wildman–Crippen LogP) is 0.672. The lowest BCUT2D eigenvalue weighted by Gasteiger charge is -2.10. The number of carboxylic acids is 1. The van der Waals surface area contributed by atoms with Crippen molar-refractivity contribution in [2.75, 3.05) is 0 Å². The molecule has 0 spiro atoms. The van der Waals surface area contributed by atoms with Crippen LogP contribution >= 0.6 is 0 Å². The Balaban J connectivity index is 3.02. The van der Waals surface area contributed by atoms with Crippen LogP contribution in [0.2, 0.25) is 0 Å². The number of aliphatic carboxylic acids is 1. The maximum absolute atomic E-state index is 10.8. The van der Waals surface area contributed by atoms with Gasteiger partial charge in [0, 0.05) is 0 Å². The first-order chi connectivity index (χ1) is 8.73. The Morgan fingerprint density at radius 3 is 2.58 bits per heavy atom. The fourth-order valence-electron chi connectivity index (χ4n) is 1.63. The molecule has 0 aliphatic carbocycles. The van der Waals surface area contributed by atoms with E-state index in [-0.39, 0.29) is 6.42 Å². The van der Waals surface area contributed by atoms with E-state index < -0.39 is 27.9 Å². The summed E-state index contributed by atoms with van der Waals surface area (Å²) in [5.41, 5.74) is 6.99. The van der Waals surface area contributed by atoms with Gasteiger partial charge in [0.1, 0.15) is 11.8 Å². The van der Waals surface area contributed by atoms with Crippen LogP contribution in [0.15, 0.2) is 24.8 Å². The van der Waals surface area contributed by atoms with Crippen molar-refractivity contribution in [2.45, 2.75) is 18.2 Å². The molecule has 0 aliphatic rings. The molecule has 1 aromatic carbocycles. The molecule has 1 aromatic rings. The Morgan fingerprint density at radius 2 is 2.11 bits per heavy atom. The molecule has 1 unspecified atom stereocenters. The molecule has 0 aromatic heterocycles. The Hall–Kier alpha value is -1.70. The van der Waals surface area contributed by atoms with Gasteiger partial charge in [0.2, 0.25) is 0 Å². The van der Waals surface area contributed by atoms with E-state index in [1.165, 1.54) is 12.1 Å². The maximum atomic E-state index is 10.8. The summed E-state index contributed by atoms with van der Waals surface area (Å²) in [5.74, 6) is -1.62. The van der Waals surface area contributed by atoms with Gasteiger partial charge in [0.25, 0.3) is 10.1 Å². The Morgan fingerprint density at radius 1 is 1.47 bits per heavy atom. The molecule has 0 radical (unpaired) electrons. The summed E-state index contributed by atoms with van der Waals surface area (Å²) in [6.07, 6.45) is 1.57. The lowest BCUT2D eigenvalue weighted by Crippen LogP contribution is -2.32. The molecule has 0 saturated heterocycles. The summed E-state index contributed by atoms with van der Waals surface area (Å²) in [7, 11) is -4.13. The Kier molecular flexibility index (Phi) is 4.82. The van der Waals surface area contributed by atoms with E-state index in [2.05, 4.69) is 6.58 Å². The highest BCUT2D eigenvalue weighted by Crippen LogP contribution is 2.17. The molecule has 7 heteroatoms. The summed E-state index contributed by atoms with van der Waals surface area (Å²) >= 11 is 0. The third kappa shape index (κ3) is 4.82. The monoisotopic (exact) mass is 285 g/mol. The van der Waals surface area contributed by atoms with Gasteiger partial charge in [-0.25, -0.2) is 0 Å². The number of carbonyl (C=O) groups is 1. The quantitative estimate of drug-likeness (QED) is 0.661. The van der Waals surface area contributed by atoms with Crippen molar-refractivity contribution in [3.8, 4) is 0 Å². The van der Waals surface area contributed by atoms with Gasteiger partial charge < -0.3 is 10.8 Å². The van der Waals surface area contributed by atoms with Crippen LogP contribution in [0.3, 0.4) is 0 Å². The third-order valence-electron chi connectivity index (χ3n) is 2.54. The molecule has 1 atom stereocenters. The van der Waals surface area contributed by atoms with Gasteiger partial charge in [-0.2, -0.15) is 8.42 Å². The van der Waals surface area contributed by atoms with Crippen molar-refractivity contribution in [3.05, 3.63) is 41.5 Å². The molecule has 0 fully saturated rings. The van der Waals surface area contributed by atoms with Crippen molar-refractivity contribution < 1.29 is 22.9 Å². The van der Waals surface area contributed by atoms with E-state index in [0.717, 1.165) is 0 Å². The average molecular weight is 285 g/mol. The molecular formula is C12H15NO5S. The molecule has 1 rings (SSSR count). The molecule has 6 nitrogen and oxygen atoms in total. The predicted molar refractivity (Wildman–Crippen MR) is 71.1 cm³/mol. The largest absolute Gasteiger partial charge is 0.480 e. The maximum Gasteiger partial charge on any atom is 0.320 e. The average Bonchev–Trinajstić information content (AvgIpc) is 2.29. The third-order valence-corrected chi connectivity index (χ3v) is 3.22. The van der Waals surface area contributed by atoms with Crippen LogP contribution in [0.4, 0.5) is 0 Å². The molecule has 0 bridgehead atoms. The molecule has 0 amide bonds. The second-order valence-corrected chi connectivity index (χ2v) is 5.56. The lowest BCUT2D eigenvalue weighted by molar-refractivity contribution is -0.138. The van der Waals surface area contributed by atoms with E-state index in [1.54, 1.807) is 12.1 Å². The fraction of sp³-hybridized carbons (Fsp3) is 0.250. The first kappa shape index (κ1) is 15.4. The summed E-state index contributed by atoms with van der Waals surface area (Å²) in [6, 6.07) is 3.67. The van der Waals surface area contributed by atoms with Crippen LogP contribution in [0, 0.1) is 0 Å². The topological polar surface area (TPSA) is 118 Å². The van der Waals surface area contributed by atoms with Crippen molar-refractivity contribution in [3.63, 3.8) is 0 Å². The summed E-state index contributed by atoms with van der Waals surface area (Å²) in [5, 5.41) is 8.72. The number of rotatable bonds is 6. The first-order valence-corrected chi connectivity index (χ1v) is 7.01. The highest BCUT2D eigenvalue weighted by atomic mass is 32.2. The van der Waals surface area contributed by atoms with Crippen LogP contribution in [-0.4, -0.2) is 30.1 Å². The van der Waals surface area contributed by atoms with Crippen molar-refractivity contribution in [1.82, 2.24) is 0 Å². The number of nitrogens with two attached hydrogens (primary N) is 1. The minimum absolute atomic E-state index is 0.127. The van der Waals surface area contributed by atoms with E-state index in [9.17, 15) is 13.2 Å². The van der Waals surface area contributed by atoms with Gasteiger partial charge in [-0.1, -0.05) is 30.9 Å². The Bertz CT molecular complexity index is 594. The van der Waals surface area contributed by atoms with Gasteiger partial charge in [-0.3, -0.25) is 9.35 Å². The normalized spacial score (nSPS) is 12.9. The minimum atomic E-state index is -4.13. The minimum Gasteiger partial charge on any atom is -0.480 e. The van der Waals surface area contributed by atoms with E-state index >= 15 is 0 Å². The van der Waals surface area contributed by atoms with E-state index in [1.807, 2.05) is 0 Å². The smallest absolute Gasteiger partial charge is 0.320 e. The van der Waals surface area contributed by atoms with Gasteiger partial charge in [0.05, 0.1) is 0 Å². The zero-order valence-electron chi connectivity index (χ0n) is 10.1. The molecule has 19 heavy (non-hydrogen) atoms. The van der Waals surface area contributed by atoms with Crippen LogP contribution < -0.4 is 5.73 Å². The second-order valence-electron chi connectivity index (χ2n) is 4.11. The van der Waals surface area contributed by atoms with Crippen LogP contribution in [0.25, 0.3) is 6.08 Å². The van der Waals surface area contributed by atoms with E-state index in [0.29, 0.717) is 16.7 Å². The number of hydrogen-bond donors (Lipinski definition) is 3. The summed E-state index contributed by atoms with van der Waals surface area (Å²) in [6.45, 7) is 3.55. The molecule has 0 saturated carbocycles. The molecule has 4 N–H and O–H groups in total. The van der Waals surface area contributed by atoms with Crippen molar-refractivity contribution >= 4 is 22.2 Å². The first-order valence-electron chi connectivity index (χ1n) is 5.40.